The summed E-state index contributed by atoms with van der Waals surface area (Å²) in [6.45, 7) is 9.99. The summed E-state index contributed by atoms with van der Waals surface area (Å²) in [6.07, 6.45) is 3.03. The first kappa shape index (κ1) is 24.0. The molecule has 2 N–H and O–H groups in total. The number of para-hydroxylation sites is 1. The molecule has 1 saturated heterocycles. The highest BCUT2D eigenvalue weighted by molar-refractivity contribution is 7.80. The summed E-state index contributed by atoms with van der Waals surface area (Å²) in [5, 5.41) is 7.23. The summed E-state index contributed by atoms with van der Waals surface area (Å²) in [4.78, 5) is 19.7. The van der Waals surface area contributed by atoms with Gasteiger partial charge in [-0.2, -0.15) is 0 Å². The summed E-state index contributed by atoms with van der Waals surface area (Å²) in [6, 6.07) is 16.0. The van der Waals surface area contributed by atoms with Crippen LogP contribution >= 0.6 is 12.2 Å². The van der Waals surface area contributed by atoms with Gasteiger partial charge in [-0.05, 0) is 74.8 Å². The highest BCUT2D eigenvalue weighted by Crippen LogP contribution is 2.40. The molecule has 2 aromatic heterocycles. The number of thiocarbonyl (C=S) groups is 1. The maximum Gasteiger partial charge on any atom is 0.226 e. The monoisotopic (exact) mass is 475 g/mol. The average molecular weight is 476 g/mol. The van der Waals surface area contributed by atoms with E-state index in [1.54, 1.807) is 0 Å². The molecule has 1 fully saturated rings. The first-order valence-electron chi connectivity index (χ1n) is 12.0. The number of rotatable bonds is 8. The van der Waals surface area contributed by atoms with Crippen LogP contribution in [-0.4, -0.2) is 32.0 Å². The van der Waals surface area contributed by atoms with Gasteiger partial charge in [-0.1, -0.05) is 31.2 Å². The van der Waals surface area contributed by atoms with Crippen LogP contribution in [0.15, 0.2) is 54.7 Å². The number of hydrogen-bond donors (Lipinski definition) is 2. The number of anilines is 1. The van der Waals surface area contributed by atoms with Gasteiger partial charge in [0.15, 0.2) is 5.11 Å². The van der Waals surface area contributed by atoms with Crippen LogP contribution in [0.3, 0.4) is 0 Å². The van der Waals surface area contributed by atoms with Crippen molar-refractivity contribution < 1.29 is 4.79 Å². The largest absolute Gasteiger partial charge is 0.352 e. The minimum absolute atomic E-state index is 0.0113. The summed E-state index contributed by atoms with van der Waals surface area (Å²) >= 11 is 5.78. The van der Waals surface area contributed by atoms with Crippen molar-refractivity contribution in [3.8, 4) is 0 Å². The molecule has 0 spiro atoms. The van der Waals surface area contributed by atoms with E-state index in [2.05, 4.69) is 58.8 Å². The number of hydrogen-bond acceptors (Lipinski definition) is 3. The van der Waals surface area contributed by atoms with Gasteiger partial charge in [0.05, 0.1) is 17.8 Å². The van der Waals surface area contributed by atoms with E-state index in [1.807, 2.05) is 48.7 Å². The Labute approximate surface area is 207 Å². The molecule has 3 aromatic rings. The van der Waals surface area contributed by atoms with Crippen LogP contribution in [-0.2, 0) is 17.8 Å². The maximum atomic E-state index is 12.9. The summed E-state index contributed by atoms with van der Waals surface area (Å²) in [5.41, 5.74) is 6.63. The van der Waals surface area contributed by atoms with Crippen LogP contribution < -0.4 is 10.6 Å². The molecular formula is C27H33N5OS. The number of carbonyl (C=O) groups excluding carboxylic acids is 1. The highest BCUT2D eigenvalue weighted by atomic mass is 32.1. The third-order valence-electron chi connectivity index (χ3n) is 6.70. The fourth-order valence-electron chi connectivity index (χ4n) is 4.98. The predicted octanol–water partition coefficient (Wildman–Crippen LogP) is 5.08. The van der Waals surface area contributed by atoms with E-state index in [9.17, 15) is 4.79 Å². The van der Waals surface area contributed by atoms with E-state index in [0.717, 1.165) is 29.9 Å². The number of aromatic nitrogens is 2. The zero-order chi connectivity index (χ0) is 24.2. The summed E-state index contributed by atoms with van der Waals surface area (Å²) in [7, 11) is 0. The summed E-state index contributed by atoms with van der Waals surface area (Å²) in [5.74, 6) is -0.0113. The van der Waals surface area contributed by atoms with Crippen LogP contribution in [0.5, 0.6) is 0 Å². The lowest BCUT2D eigenvalue weighted by Crippen LogP contribution is -2.33. The standard InChI is InChI=1S/C27H33N5OS/c1-5-20-11-7-8-12-22(20)29-24(33)14-16-32-26(21-17-18(3)31(6-2)19(21)4)25(30-27(32)34)23-13-9-10-15-28-23/h7-13,15,17,25-26H,5-6,14,16H2,1-4H3,(H,29,33)(H,30,34)/t25-,26-/m0/s1. The van der Waals surface area contributed by atoms with Crippen LogP contribution in [0, 0.1) is 13.8 Å². The Balaban J connectivity index is 1.59. The van der Waals surface area contributed by atoms with Crippen molar-refractivity contribution in [2.24, 2.45) is 0 Å². The van der Waals surface area contributed by atoms with Gasteiger partial charge in [0.2, 0.25) is 5.91 Å². The van der Waals surface area contributed by atoms with Crippen LogP contribution in [0.2, 0.25) is 0 Å². The van der Waals surface area contributed by atoms with Gasteiger partial charge in [0, 0.05) is 42.8 Å². The van der Waals surface area contributed by atoms with Crippen molar-refractivity contribution in [3.05, 3.63) is 82.9 Å². The molecule has 1 aromatic carbocycles. The molecule has 1 aliphatic heterocycles. The zero-order valence-electron chi connectivity index (χ0n) is 20.3. The van der Waals surface area contributed by atoms with Gasteiger partial charge in [-0.25, -0.2) is 0 Å². The van der Waals surface area contributed by atoms with E-state index >= 15 is 0 Å². The van der Waals surface area contributed by atoms with Crippen molar-refractivity contribution >= 4 is 28.9 Å². The molecule has 1 amide bonds. The molecule has 7 heteroatoms. The van der Waals surface area contributed by atoms with Crippen molar-refractivity contribution in [3.63, 3.8) is 0 Å². The second kappa shape index (κ2) is 10.4. The SMILES string of the molecule is CCc1ccccc1NC(=O)CCN1C(=S)N[C@@H](c2ccccn2)[C@@H]1c1cc(C)n(CC)c1C. The molecular weight excluding hydrogens is 442 g/mol. The number of nitrogens with zero attached hydrogens (tertiary/aromatic N) is 3. The first-order chi connectivity index (χ1) is 16.4. The van der Waals surface area contributed by atoms with Gasteiger partial charge >= 0.3 is 0 Å². The van der Waals surface area contributed by atoms with Crippen molar-refractivity contribution in [2.45, 2.75) is 59.2 Å². The number of aryl methyl sites for hydroxylation is 2. The van der Waals surface area contributed by atoms with Crippen molar-refractivity contribution in [1.82, 2.24) is 19.8 Å². The van der Waals surface area contributed by atoms with E-state index in [0.29, 0.717) is 18.1 Å². The van der Waals surface area contributed by atoms with Gasteiger partial charge < -0.3 is 20.1 Å². The van der Waals surface area contributed by atoms with Gasteiger partial charge in [0.25, 0.3) is 0 Å². The molecule has 178 valence electrons. The van der Waals surface area contributed by atoms with Crippen LogP contribution in [0.1, 0.15) is 60.6 Å². The molecule has 0 saturated carbocycles. The fraction of sp³-hybridized carbons (Fsp3) is 0.370. The van der Waals surface area contributed by atoms with Gasteiger partial charge in [0.1, 0.15) is 0 Å². The smallest absolute Gasteiger partial charge is 0.226 e. The van der Waals surface area contributed by atoms with Gasteiger partial charge in [-0.15, -0.1) is 0 Å². The quantitative estimate of drug-likeness (QED) is 0.445. The Kier molecular flexibility index (Phi) is 7.32. The second-order valence-corrected chi connectivity index (χ2v) is 9.09. The number of carbonyl (C=O) groups is 1. The van der Waals surface area contributed by atoms with Gasteiger partial charge in [-0.3, -0.25) is 9.78 Å². The van der Waals surface area contributed by atoms with Crippen molar-refractivity contribution in [1.29, 1.82) is 0 Å². The molecule has 0 unspecified atom stereocenters. The topological polar surface area (TPSA) is 62.2 Å². The first-order valence-corrected chi connectivity index (χ1v) is 12.4. The molecule has 34 heavy (non-hydrogen) atoms. The molecule has 6 nitrogen and oxygen atoms in total. The molecule has 4 rings (SSSR count). The van der Waals surface area contributed by atoms with Crippen LogP contribution in [0.4, 0.5) is 5.69 Å². The molecule has 1 aliphatic rings. The number of benzene rings is 1. The Morgan fingerprint density at radius 3 is 2.59 bits per heavy atom. The molecule has 0 bridgehead atoms. The number of pyridine rings is 1. The third kappa shape index (κ3) is 4.71. The summed E-state index contributed by atoms with van der Waals surface area (Å²) < 4.78 is 2.32. The zero-order valence-corrected chi connectivity index (χ0v) is 21.2. The average Bonchev–Trinajstić information content (AvgIpc) is 3.32. The number of amides is 1. The van der Waals surface area contributed by atoms with E-state index in [1.165, 1.54) is 17.0 Å². The molecule has 0 aliphatic carbocycles. The lowest BCUT2D eigenvalue weighted by molar-refractivity contribution is -0.116. The Morgan fingerprint density at radius 2 is 1.91 bits per heavy atom. The Morgan fingerprint density at radius 1 is 1.15 bits per heavy atom. The highest BCUT2D eigenvalue weighted by Gasteiger charge is 2.41. The minimum atomic E-state index is -0.0802. The minimum Gasteiger partial charge on any atom is -0.352 e. The molecule has 3 heterocycles. The fourth-order valence-corrected chi connectivity index (χ4v) is 5.32. The lowest BCUT2D eigenvalue weighted by atomic mass is 9.96. The van der Waals surface area contributed by atoms with Crippen LogP contribution in [0.25, 0.3) is 0 Å². The van der Waals surface area contributed by atoms with E-state index in [4.69, 9.17) is 12.2 Å². The molecule has 0 radical (unpaired) electrons. The number of nitrogens with one attached hydrogen (secondary N) is 2. The second-order valence-electron chi connectivity index (χ2n) is 8.70. The van der Waals surface area contributed by atoms with E-state index in [-0.39, 0.29) is 18.0 Å². The van der Waals surface area contributed by atoms with E-state index < -0.39 is 0 Å². The van der Waals surface area contributed by atoms with Crippen molar-refractivity contribution in [2.75, 3.05) is 11.9 Å². The maximum absolute atomic E-state index is 12.9. The lowest BCUT2D eigenvalue weighted by Gasteiger charge is -2.28. The molecule has 2 atom stereocenters. The predicted molar refractivity (Wildman–Crippen MR) is 141 cm³/mol. The Bertz CT molecular complexity index is 1170. The third-order valence-corrected chi connectivity index (χ3v) is 7.05. The Hall–Kier alpha value is -3.19. The normalized spacial score (nSPS) is 17.6.